The van der Waals surface area contributed by atoms with Gasteiger partial charge >= 0.3 is 0 Å². The summed E-state index contributed by atoms with van der Waals surface area (Å²) in [6.45, 7) is 3.91. The number of fused-ring (bicyclic) bond motifs is 1. The van der Waals surface area contributed by atoms with Crippen LogP contribution in [0.15, 0.2) is 48.5 Å². The van der Waals surface area contributed by atoms with Gasteiger partial charge in [-0.3, -0.25) is 9.59 Å². The molecule has 0 fully saturated rings. The molecule has 0 bridgehead atoms. The van der Waals surface area contributed by atoms with Gasteiger partial charge in [-0.2, -0.15) is 0 Å². The summed E-state index contributed by atoms with van der Waals surface area (Å²) in [6.07, 6.45) is 0. The van der Waals surface area contributed by atoms with Gasteiger partial charge in [0.05, 0.1) is 12.3 Å². The first-order chi connectivity index (χ1) is 11.5. The molecule has 1 atom stereocenters. The molecule has 0 aromatic heterocycles. The number of hydrogen-bond donors (Lipinski definition) is 2. The Morgan fingerprint density at radius 2 is 1.92 bits per heavy atom. The highest BCUT2D eigenvalue weighted by Gasteiger charge is 2.47. The zero-order valence-electron chi connectivity index (χ0n) is 13.5. The van der Waals surface area contributed by atoms with E-state index < -0.39 is 17.4 Å². The Hall–Kier alpha value is -3.02. The highest BCUT2D eigenvalue weighted by atomic mass is 16.5. The van der Waals surface area contributed by atoms with E-state index in [0.29, 0.717) is 29.5 Å². The number of ether oxygens (including phenoxy) is 2. The molecule has 1 heterocycles. The van der Waals surface area contributed by atoms with Crippen molar-refractivity contribution in [2.24, 2.45) is 0 Å². The summed E-state index contributed by atoms with van der Waals surface area (Å²) in [5.41, 5.74) is -0.541. The molecule has 0 spiro atoms. The van der Waals surface area contributed by atoms with Gasteiger partial charge < -0.3 is 20.1 Å². The van der Waals surface area contributed by atoms with E-state index in [1.165, 1.54) is 6.92 Å². The molecule has 2 aromatic carbocycles. The zero-order valence-corrected chi connectivity index (χ0v) is 13.5. The fourth-order valence-corrected chi connectivity index (χ4v) is 2.37. The van der Waals surface area contributed by atoms with Crippen molar-refractivity contribution in [3.8, 4) is 11.5 Å². The predicted molar refractivity (Wildman–Crippen MR) is 90.3 cm³/mol. The zero-order chi connectivity index (χ0) is 17.2. The monoisotopic (exact) mass is 326 g/mol. The molecule has 2 amide bonds. The standard InChI is InChI=1S/C18H18N2O4/c1-3-23-13-10-8-12(9-11-13)19-16(21)18(2)17(22)20-14-6-4-5-7-15(14)24-18/h4-11H,3H2,1-2H3,(H,19,21)(H,20,22). The number of benzene rings is 2. The molecule has 0 aliphatic carbocycles. The van der Waals surface area contributed by atoms with Gasteiger partial charge in [-0.15, -0.1) is 0 Å². The Labute approximate surface area is 139 Å². The molecule has 6 nitrogen and oxygen atoms in total. The van der Waals surface area contributed by atoms with Crippen molar-refractivity contribution in [3.05, 3.63) is 48.5 Å². The van der Waals surface area contributed by atoms with Crippen LogP contribution in [0.25, 0.3) is 0 Å². The summed E-state index contributed by atoms with van der Waals surface area (Å²) in [6, 6.07) is 13.9. The Morgan fingerprint density at radius 3 is 2.62 bits per heavy atom. The molecule has 0 saturated carbocycles. The van der Waals surface area contributed by atoms with E-state index in [2.05, 4.69) is 10.6 Å². The second kappa shape index (κ2) is 6.23. The van der Waals surface area contributed by atoms with E-state index in [4.69, 9.17) is 9.47 Å². The van der Waals surface area contributed by atoms with Gasteiger partial charge in [0, 0.05) is 5.69 Å². The van der Waals surface area contributed by atoms with E-state index in [9.17, 15) is 9.59 Å². The first-order valence-corrected chi connectivity index (χ1v) is 7.67. The molecule has 6 heteroatoms. The average Bonchev–Trinajstić information content (AvgIpc) is 2.58. The fourth-order valence-electron chi connectivity index (χ4n) is 2.37. The Kier molecular flexibility index (Phi) is 4.12. The van der Waals surface area contributed by atoms with Crippen LogP contribution in [0.2, 0.25) is 0 Å². The van der Waals surface area contributed by atoms with Crippen molar-refractivity contribution < 1.29 is 19.1 Å². The van der Waals surface area contributed by atoms with E-state index in [1.807, 2.05) is 6.92 Å². The highest BCUT2D eigenvalue weighted by Crippen LogP contribution is 2.33. The Balaban J connectivity index is 1.77. The lowest BCUT2D eigenvalue weighted by Gasteiger charge is -2.33. The van der Waals surface area contributed by atoms with Crippen LogP contribution in [0.3, 0.4) is 0 Å². The van der Waals surface area contributed by atoms with Crippen molar-refractivity contribution in [2.45, 2.75) is 19.4 Å². The molecule has 1 aliphatic rings. The smallest absolute Gasteiger partial charge is 0.278 e. The maximum atomic E-state index is 12.6. The third-order valence-electron chi connectivity index (χ3n) is 3.74. The molecule has 2 aromatic rings. The first kappa shape index (κ1) is 15.9. The maximum absolute atomic E-state index is 12.6. The largest absolute Gasteiger partial charge is 0.494 e. The Bertz CT molecular complexity index is 773. The second-order valence-corrected chi connectivity index (χ2v) is 5.50. The van der Waals surface area contributed by atoms with E-state index >= 15 is 0 Å². The van der Waals surface area contributed by atoms with Crippen LogP contribution in [0.1, 0.15) is 13.8 Å². The highest BCUT2D eigenvalue weighted by molar-refractivity contribution is 6.18. The van der Waals surface area contributed by atoms with Crippen LogP contribution in [-0.2, 0) is 9.59 Å². The SMILES string of the molecule is CCOc1ccc(NC(=O)C2(C)Oc3ccccc3NC2=O)cc1. The molecule has 124 valence electrons. The number of hydrogen-bond acceptors (Lipinski definition) is 4. The number of para-hydroxylation sites is 2. The Morgan fingerprint density at radius 1 is 1.21 bits per heavy atom. The molecule has 0 radical (unpaired) electrons. The fraction of sp³-hybridized carbons (Fsp3) is 0.222. The van der Waals surface area contributed by atoms with Crippen molar-refractivity contribution in [3.63, 3.8) is 0 Å². The third kappa shape index (κ3) is 2.90. The number of nitrogens with one attached hydrogen (secondary N) is 2. The van der Waals surface area contributed by atoms with E-state index in [0.717, 1.165) is 0 Å². The van der Waals surface area contributed by atoms with Gasteiger partial charge in [0.1, 0.15) is 11.5 Å². The summed E-state index contributed by atoms with van der Waals surface area (Å²) in [5.74, 6) is 0.118. The molecule has 1 unspecified atom stereocenters. The summed E-state index contributed by atoms with van der Waals surface area (Å²) in [4.78, 5) is 24.9. The van der Waals surface area contributed by atoms with Gasteiger partial charge in [0.2, 0.25) is 0 Å². The molecule has 24 heavy (non-hydrogen) atoms. The lowest BCUT2D eigenvalue weighted by molar-refractivity contribution is -0.143. The lowest BCUT2D eigenvalue weighted by atomic mass is 10.0. The van der Waals surface area contributed by atoms with E-state index in [1.54, 1.807) is 48.5 Å². The topological polar surface area (TPSA) is 76.7 Å². The second-order valence-electron chi connectivity index (χ2n) is 5.50. The van der Waals surface area contributed by atoms with Crippen molar-refractivity contribution in [1.29, 1.82) is 0 Å². The lowest BCUT2D eigenvalue weighted by Crippen LogP contribution is -2.56. The quantitative estimate of drug-likeness (QED) is 0.847. The molecular formula is C18H18N2O4. The minimum Gasteiger partial charge on any atom is -0.494 e. The van der Waals surface area contributed by atoms with Crippen LogP contribution in [0, 0.1) is 0 Å². The normalized spacial score (nSPS) is 18.8. The summed E-state index contributed by atoms with van der Waals surface area (Å²) in [5, 5.41) is 5.40. The number of carbonyl (C=O) groups is 2. The minimum absolute atomic E-state index is 0.460. The van der Waals surface area contributed by atoms with Gasteiger partial charge in [-0.1, -0.05) is 12.1 Å². The van der Waals surface area contributed by atoms with Crippen molar-refractivity contribution >= 4 is 23.2 Å². The predicted octanol–water partition coefficient (Wildman–Crippen LogP) is 2.81. The van der Waals surface area contributed by atoms with E-state index in [-0.39, 0.29) is 0 Å². The number of anilines is 2. The van der Waals surface area contributed by atoms with Crippen LogP contribution in [-0.4, -0.2) is 24.0 Å². The van der Waals surface area contributed by atoms with Crippen molar-refractivity contribution in [2.75, 3.05) is 17.2 Å². The van der Waals surface area contributed by atoms with Crippen LogP contribution in [0.4, 0.5) is 11.4 Å². The van der Waals surface area contributed by atoms with Crippen LogP contribution >= 0.6 is 0 Å². The molecule has 1 aliphatic heterocycles. The van der Waals surface area contributed by atoms with Gasteiger partial charge in [0.25, 0.3) is 17.4 Å². The van der Waals surface area contributed by atoms with Gasteiger partial charge in [-0.05, 0) is 50.2 Å². The number of rotatable bonds is 4. The molecular weight excluding hydrogens is 308 g/mol. The average molecular weight is 326 g/mol. The van der Waals surface area contributed by atoms with Crippen LogP contribution < -0.4 is 20.1 Å². The maximum Gasteiger partial charge on any atom is 0.278 e. The van der Waals surface area contributed by atoms with Gasteiger partial charge in [0.15, 0.2) is 0 Å². The van der Waals surface area contributed by atoms with Gasteiger partial charge in [-0.25, -0.2) is 0 Å². The summed E-state index contributed by atoms with van der Waals surface area (Å²) in [7, 11) is 0. The summed E-state index contributed by atoms with van der Waals surface area (Å²) >= 11 is 0. The molecule has 2 N–H and O–H groups in total. The van der Waals surface area contributed by atoms with Crippen molar-refractivity contribution in [1.82, 2.24) is 0 Å². The number of carbonyl (C=O) groups excluding carboxylic acids is 2. The first-order valence-electron chi connectivity index (χ1n) is 7.67. The number of amides is 2. The molecule has 0 saturated heterocycles. The third-order valence-corrected chi connectivity index (χ3v) is 3.74. The minimum atomic E-state index is -1.65. The summed E-state index contributed by atoms with van der Waals surface area (Å²) < 4.78 is 11.0. The van der Waals surface area contributed by atoms with Crippen LogP contribution in [0.5, 0.6) is 11.5 Å². The molecule has 3 rings (SSSR count).